The molecule has 1 aliphatic carbocycles. The molecule has 4 nitrogen and oxygen atoms in total. The van der Waals surface area contributed by atoms with Crippen LogP contribution in [0.1, 0.15) is 29.6 Å². The lowest BCUT2D eigenvalue weighted by molar-refractivity contribution is -0.0679. The number of rotatable bonds is 4. The smallest absolute Gasteiger partial charge is 0.251 e. The van der Waals surface area contributed by atoms with Gasteiger partial charge in [0.05, 0.1) is 5.60 Å². The fraction of sp³-hybridized carbons (Fsp3) is 0.462. The van der Waals surface area contributed by atoms with E-state index in [0.29, 0.717) is 17.8 Å². The minimum absolute atomic E-state index is 0.0966. The number of nitrogens with two attached hydrogens (primary N) is 1. The predicted molar refractivity (Wildman–Crippen MR) is 66.8 cm³/mol. The van der Waals surface area contributed by atoms with E-state index in [0.717, 1.165) is 12.8 Å². The quantitative estimate of drug-likeness (QED) is 0.777. The van der Waals surface area contributed by atoms with Gasteiger partial charge in [-0.3, -0.25) is 4.79 Å². The summed E-state index contributed by atoms with van der Waals surface area (Å²) in [4.78, 5) is 11.9. The van der Waals surface area contributed by atoms with Gasteiger partial charge in [0.1, 0.15) is 0 Å². The Morgan fingerprint density at radius 1 is 1.53 bits per heavy atom. The highest BCUT2D eigenvalue weighted by Gasteiger charge is 2.37. The molecule has 0 aliphatic heterocycles. The molecule has 1 saturated carbocycles. The second-order valence-corrected chi connectivity index (χ2v) is 4.55. The van der Waals surface area contributed by atoms with Gasteiger partial charge in [0.2, 0.25) is 0 Å². The number of benzene rings is 1. The van der Waals surface area contributed by atoms with Crippen molar-refractivity contribution in [3.63, 3.8) is 0 Å². The van der Waals surface area contributed by atoms with Crippen molar-refractivity contribution in [2.45, 2.75) is 24.9 Å². The average molecular weight is 234 g/mol. The molecular formula is C13H18N2O2. The number of amides is 1. The fourth-order valence-electron chi connectivity index (χ4n) is 2.05. The van der Waals surface area contributed by atoms with Gasteiger partial charge in [-0.1, -0.05) is 6.07 Å². The third-order valence-corrected chi connectivity index (χ3v) is 3.42. The van der Waals surface area contributed by atoms with E-state index in [-0.39, 0.29) is 11.5 Å². The summed E-state index contributed by atoms with van der Waals surface area (Å²) in [5.74, 6) is -0.0966. The second-order valence-electron chi connectivity index (χ2n) is 4.55. The number of methoxy groups -OCH3 is 1. The van der Waals surface area contributed by atoms with E-state index in [1.54, 1.807) is 31.4 Å². The number of hydrogen-bond acceptors (Lipinski definition) is 3. The Morgan fingerprint density at radius 2 is 2.29 bits per heavy atom. The van der Waals surface area contributed by atoms with Crippen LogP contribution >= 0.6 is 0 Å². The van der Waals surface area contributed by atoms with E-state index in [2.05, 4.69) is 5.32 Å². The van der Waals surface area contributed by atoms with Gasteiger partial charge in [0.15, 0.2) is 0 Å². The van der Waals surface area contributed by atoms with Crippen LogP contribution in [0, 0.1) is 0 Å². The summed E-state index contributed by atoms with van der Waals surface area (Å²) in [7, 11) is 1.70. The topological polar surface area (TPSA) is 64.3 Å². The normalized spacial score (nSPS) is 17.2. The van der Waals surface area contributed by atoms with Gasteiger partial charge in [0.25, 0.3) is 5.91 Å². The number of nitrogens with one attached hydrogen (secondary N) is 1. The van der Waals surface area contributed by atoms with Crippen LogP contribution in [-0.2, 0) is 4.74 Å². The number of hydrogen-bond donors (Lipinski definition) is 2. The van der Waals surface area contributed by atoms with Gasteiger partial charge in [-0.15, -0.1) is 0 Å². The van der Waals surface area contributed by atoms with E-state index in [1.165, 1.54) is 6.42 Å². The first-order valence-corrected chi connectivity index (χ1v) is 5.84. The summed E-state index contributed by atoms with van der Waals surface area (Å²) in [5, 5.41) is 2.90. The molecule has 1 amide bonds. The van der Waals surface area contributed by atoms with E-state index in [1.807, 2.05) is 0 Å². The summed E-state index contributed by atoms with van der Waals surface area (Å²) in [6.07, 6.45) is 3.20. The maximum Gasteiger partial charge on any atom is 0.251 e. The Kier molecular flexibility index (Phi) is 3.33. The summed E-state index contributed by atoms with van der Waals surface area (Å²) < 4.78 is 5.44. The van der Waals surface area contributed by atoms with Crippen molar-refractivity contribution in [1.82, 2.24) is 5.32 Å². The van der Waals surface area contributed by atoms with Crippen molar-refractivity contribution in [3.05, 3.63) is 29.8 Å². The molecule has 1 aliphatic rings. The highest BCUT2D eigenvalue weighted by molar-refractivity contribution is 5.95. The molecule has 0 bridgehead atoms. The molecule has 4 heteroatoms. The molecule has 0 unspecified atom stereocenters. The average Bonchev–Trinajstić information content (AvgIpc) is 2.28. The zero-order chi connectivity index (χ0) is 12.3. The van der Waals surface area contributed by atoms with Gasteiger partial charge in [0, 0.05) is 24.9 Å². The van der Waals surface area contributed by atoms with E-state index >= 15 is 0 Å². The molecular weight excluding hydrogens is 216 g/mol. The summed E-state index contributed by atoms with van der Waals surface area (Å²) in [5.41, 5.74) is 6.69. The van der Waals surface area contributed by atoms with Crippen molar-refractivity contribution in [2.24, 2.45) is 0 Å². The zero-order valence-electron chi connectivity index (χ0n) is 10.0. The Labute approximate surface area is 101 Å². The standard InChI is InChI=1S/C13H18N2O2/c1-17-13(6-3-7-13)9-15-12(16)10-4-2-5-11(14)8-10/h2,4-5,8H,3,6-7,9,14H2,1H3,(H,15,16). The number of anilines is 1. The van der Waals surface area contributed by atoms with Crippen LogP contribution in [0.5, 0.6) is 0 Å². The molecule has 0 saturated heterocycles. The molecule has 0 spiro atoms. The Bertz CT molecular complexity index is 408. The SMILES string of the molecule is COC1(CNC(=O)c2cccc(N)c2)CCC1. The van der Waals surface area contributed by atoms with Crippen LogP contribution in [0.2, 0.25) is 0 Å². The monoisotopic (exact) mass is 234 g/mol. The van der Waals surface area contributed by atoms with Crippen LogP contribution in [0.4, 0.5) is 5.69 Å². The molecule has 1 aromatic rings. The molecule has 3 N–H and O–H groups in total. The maximum absolute atomic E-state index is 11.9. The van der Waals surface area contributed by atoms with Gasteiger partial charge in [-0.25, -0.2) is 0 Å². The van der Waals surface area contributed by atoms with E-state index in [4.69, 9.17) is 10.5 Å². The summed E-state index contributed by atoms with van der Waals surface area (Å²) >= 11 is 0. The van der Waals surface area contributed by atoms with Gasteiger partial charge in [-0.05, 0) is 37.5 Å². The highest BCUT2D eigenvalue weighted by Crippen LogP contribution is 2.34. The van der Waals surface area contributed by atoms with Crippen LogP contribution < -0.4 is 11.1 Å². The number of carbonyl (C=O) groups is 1. The maximum atomic E-state index is 11.9. The van der Waals surface area contributed by atoms with Crippen molar-refractivity contribution in [2.75, 3.05) is 19.4 Å². The van der Waals surface area contributed by atoms with E-state index in [9.17, 15) is 4.79 Å². The van der Waals surface area contributed by atoms with Crippen molar-refractivity contribution >= 4 is 11.6 Å². The molecule has 17 heavy (non-hydrogen) atoms. The largest absolute Gasteiger partial charge is 0.399 e. The third-order valence-electron chi connectivity index (χ3n) is 3.42. The van der Waals surface area contributed by atoms with E-state index < -0.39 is 0 Å². The first kappa shape index (κ1) is 11.9. The van der Waals surface area contributed by atoms with Crippen molar-refractivity contribution in [3.8, 4) is 0 Å². The minimum Gasteiger partial charge on any atom is -0.399 e. The number of ether oxygens (including phenoxy) is 1. The lowest BCUT2D eigenvalue weighted by atomic mass is 9.80. The Balaban J connectivity index is 1.93. The minimum atomic E-state index is -0.143. The molecule has 0 heterocycles. The lowest BCUT2D eigenvalue weighted by Crippen LogP contribution is -2.49. The molecule has 0 radical (unpaired) electrons. The van der Waals surface area contributed by atoms with Crippen molar-refractivity contribution in [1.29, 1.82) is 0 Å². The summed E-state index contributed by atoms with van der Waals surface area (Å²) in [6.45, 7) is 0.567. The molecule has 92 valence electrons. The fourth-order valence-corrected chi connectivity index (χ4v) is 2.05. The Morgan fingerprint density at radius 3 is 2.82 bits per heavy atom. The van der Waals surface area contributed by atoms with Gasteiger partial charge in [-0.2, -0.15) is 0 Å². The van der Waals surface area contributed by atoms with Crippen LogP contribution in [0.15, 0.2) is 24.3 Å². The van der Waals surface area contributed by atoms with Crippen molar-refractivity contribution < 1.29 is 9.53 Å². The molecule has 0 aromatic heterocycles. The first-order chi connectivity index (χ1) is 8.15. The number of nitrogen functional groups attached to an aromatic ring is 1. The predicted octanol–water partition coefficient (Wildman–Crippen LogP) is 1.57. The van der Waals surface area contributed by atoms with Crippen LogP contribution in [0.3, 0.4) is 0 Å². The molecule has 1 fully saturated rings. The number of carbonyl (C=O) groups excluding carboxylic acids is 1. The van der Waals surface area contributed by atoms with Gasteiger partial charge >= 0.3 is 0 Å². The van der Waals surface area contributed by atoms with Crippen LogP contribution in [0.25, 0.3) is 0 Å². The lowest BCUT2D eigenvalue weighted by Gasteiger charge is -2.40. The molecule has 0 atom stereocenters. The second kappa shape index (κ2) is 4.75. The van der Waals surface area contributed by atoms with Crippen LogP contribution in [-0.4, -0.2) is 25.2 Å². The highest BCUT2D eigenvalue weighted by atomic mass is 16.5. The third kappa shape index (κ3) is 2.58. The van der Waals surface area contributed by atoms with Gasteiger partial charge < -0.3 is 15.8 Å². The Hall–Kier alpha value is -1.55. The molecule has 2 rings (SSSR count). The summed E-state index contributed by atoms with van der Waals surface area (Å²) in [6, 6.07) is 6.97. The zero-order valence-corrected chi connectivity index (χ0v) is 10.0. The first-order valence-electron chi connectivity index (χ1n) is 5.84. The molecule has 1 aromatic carbocycles.